The molecule has 114 valence electrons. The fraction of sp³-hybridized carbons (Fsp3) is 0.133. The van der Waals surface area contributed by atoms with E-state index in [1.165, 1.54) is 11.3 Å². The van der Waals surface area contributed by atoms with E-state index >= 15 is 0 Å². The Morgan fingerprint density at radius 3 is 2.41 bits per heavy atom. The minimum atomic E-state index is -0.677. The van der Waals surface area contributed by atoms with E-state index < -0.39 is 11.6 Å². The molecule has 0 radical (unpaired) electrons. The van der Waals surface area contributed by atoms with E-state index in [-0.39, 0.29) is 10.6 Å². The number of rotatable bonds is 2. The third-order valence-corrected chi connectivity index (χ3v) is 4.91. The van der Waals surface area contributed by atoms with Crippen LogP contribution in [-0.2, 0) is 0 Å². The Bertz CT molecular complexity index is 878. The van der Waals surface area contributed by atoms with Gasteiger partial charge in [0.05, 0.1) is 15.2 Å². The van der Waals surface area contributed by atoms with Gasteiger partial charge < -0.3 is 4.90 Å². The fourth-order valence-electron chi connectivity index (χ4n) is 2.11. The van der Waals surface area contributed by atoms with Gasteiger partial charge in [-0.05, 0) is 24.3 Å². The molecule has 0 aliphatic heterocycles. The Morgan fingerprint density at radius 2 is 1.73 bits per heavy atom. The molecular weight excluding hydrogens is 349 g/mol. The highest BCUT2D eigenvalue weighted by molar-refractivity contribution is 7.22. The lowest BCUT2D eigenvalue weighted by Crippen LogP contribution is -2.07. The highest BCUT2D eigenvalue weighted by Gasteiger charge is 2.17. The molecule has 0 unspecified atom stereocenters. The van der Waals surface area contributed by atoms with Crippen LogP contribution in [0.4, 0.5) is 13.9 Å². The smallest absolute Gasteiger partial charge is 0.185 e. The summed E-state index contributed by atoms with van der Waals surface area (Å²) < 4.78 is 28.7. The molecule has 3 aromatic rings. The van der Waals surface area contributed by atoms with Crippen LogP contribution in [0.5, 0.6) is 0 Å². The van der Waals surface area contributed by atoms with Crippen LogP contribution in [0.3, 0.4) is 0 Å². The van der Waals surface area contributed by atoms with Crippen molar-refractivity contribution in [3.63, 3.8) is 0 Å². The lowest BCUT2D eigenvalue weighted by Gasteiger charge is -2.07. The lowest BCUT2D eigenvalue weighted by molar-refractivity contribution is 0.603. The summed E-state index contributed by atoms with van der Waals surface area (Å²) in [6.07, 6.45) is 0. The third kappa shape index (κ3) is 2.64. The number of aromatic nitrogens is 1. The van der Waals surface area contributed by atoms with Gasteiger partial charge in [0.1, 0.15) is 11.6 Å². The summed E-state index contributed by atoms with van der Waals surface area (Å²) in [7, 11) is 3.73. The van der Waals surface area contributed by atoms with Crippen LogP contribution in [-0.4, -0.2) is 19.1 Å². The normalized spacial score (nSPS) is 11.2. The Kier molecular flexibility index (Phi) is 3.97. The zero-order valence-electron chi connectivity index (χ0n) is 11.6. The van der Waals surface area contributed by atoms with Crippen LogP contribution in [0.25, 0.3) is 21.3 Å². The number of halogens is 4. The molecular formula is C15H10Cl2F2N2S. The largest absolute Gasteiger partial charge is 0.354 e. The maximum atomic E-state index is 14.2. The van der Waals surface area contributed by atoms with Crippen molar-refractivity contribution in [2.75, 3.05) is 19.0 Å². The first kappa shape index (κ1) is 15.5. The molecule has 0 saturated carbocycles. The van der Waals surface area contributed by atoms with Crippen molar-refractivity contribution < 1.29 is 8.78 Å². The van der Waals surface area contributed by atoms with Gasteiger partial charge in [-0.3, -0.25) is 0 Å². The van der Waals surface area contributed by atoms with E-state index in [2.05, 4.69) is 4.98 Å². The molecule has 0 saturated heterocycles. The van der Waals surface area contributed by atoms with E-state index in [4.69, 9.17) is 23.2 Å². The van der Waals surface area contributed by atoms with Gasteiger partial charge in [0.25, 0.3) is 0 Å². The van der Waals surface area contributed by atoms with Gasteiger partial charge in [-0.2, -0.15) is 0 Å². The lowest BCUT2D eigenvalue weighted by atomic mass is 10.0. The van der Waals surface area contributed by atoms with Crippen molar-refractivity contribution in [1.29, 1.82) is 0 Å². The SMILES string of the molecule is CN(C)c1nc2cc(Cl)cc(-c3cc(F)c(Cl)cc3F)c2s1. The average molecular weight is 359 g/mol. The molecule has 0 fully saturated rings. The highest BCUT2D eigenvalue weighted by Crippen LogP contribution is 2.39. The summed E-state index contributed by atoms with van der Waals surface area (Å²) in [5.74, 6) is -1.28. The molecule has 0 aliphatic rings. The van der Waals surface area contributed by atoms with Crippen LogP contribution >= 0.6 is 34.5 Å². The van der Waals surface area contributed by atoms with Crippen LogP contribution in [0.15, 0.2) is 24.3 Å². The summed E-state index contributed by atoms with van der Waals surface area (Å²) in [4.78, 5) is 6.29. The molecule has 1 heterocycles. The first-order valence-electron chi connectivity index (χ1n) is 6.29. The van der Waals surface area contributed by atoms with Crippen molar-refractivity contribution in [3.8, 4) is 11.1 Å². The maximum Gasteiger partial charge on any atom is 0.185 e. The zero-order chi connectivity index (χ0) is 16.0. The number of fused-ring (bicyclic) bond motifs is 1. The van der Waals surface area contributed by atoms with Crippen LogP contribution in [0, 0.1) is 11.6 Å². The quantitative estimate of drug-likeness (QED) is 0.553. The Morgan fingerprint density at radius 1 is 1.00 bits per heavy atom. The molecule has 7 heteroatoms. The molecule has 2 aromatic carbocycles. The summed E-state index contributed by atoms with van der Waals surface area (Å²) in [6.45, 7) is 0. The van der Waals surface area contributed by atoms with E-state index in [9.17, 15) is 8.78 Å². The summed E-state index contributed by atoms with van der Waals surface area (Å²) in [5, 5.41) is 0.916. The van der Waals surface area contributed by atoms with E-state index in [0.29, 0.717) is 16.1 Å². The maximum absolute atomic E-state index is 14.2. The van der Waals surface area contributed by atoms with Gasteiger partial charge >= 0.3 is 0 Å². The van der Waals surface area contributed by atoms with Crippen molar-refractivity contribution in [1.82, 2.24) is 4.98 Å². The molecule has 0 amide bonds. The molecule has 2 nitrogen and oxygen atoms in total. The first-order chi connectivity index (χ1) is 10.4. The van der Waals surface area contributed by atoms with E-state index in [1.54, 1.807) is 12.1 Å². The van der Waals surface area contributed by atoms with Crippen molar-refractivity contribution in [3.05, 3.63) is 45.9 Å². The third-order valence-electron chi connectivity index (χ3n) is 3.13. The van der Waals surface area contributed by atoms with Gasteiger partial charge in [-0.15, -0.1) is 0 Å². The van der Waals surface area contributed by atoms with Crippen molar-refractivity contribution in [2.45, 2.75) is 0 Å². The predicted molar refractivity (Wildman–Crippen MR) is 89.3 cm³/mol. The van der Waals surface area contributed by atoms with Gasteiger partial charge in [0, 0.05) is 30.2 Å². The van der Waals surface area contributed by atoms with Crippen LogP contribution in [0.1, 0.15) is 0 Å². The summed E-state index contributed by atoms with van der Waals surface area (Å²) in [5.41, 5.74) is 1.26. The summed E-state index contributed by atoms with van der Waals surface area (Å²) >= 11 is 13.1. The molecule has 0 atom stereocenters. The van der Waals surface area contributed by atoms with Gasteiger partial charge in [0.15, 0.2) is 5.13 Å². The Labute approximate surface area is 139 Å². The van der Waals surface area contributed by atoms with Gasteiger partial charge in [-0.25, -0.2) is 13.8 Å². The second-order valence-corrected chi connectivity index (χ2v) is 6.76. The van der Waals surface area contributed by atoms with Crippen molar-refractivity contribution in [2.24, 2.45) is 0 Å². The molecule has 1 aromatic heterocycles. The minimum absolute atomic E-state index is 0.114. The standard InChI is InChI=1S/C15H10Cl2F2N2S/c1-21(2)15-20-13-4-7(16)3-9(14(13)22-15)8-5-12(19)10(17)6-11(8)18/h3-6H,1-2H3. The molecule has 0 bridgehead atoms. The minimum Gasteiger partial charge on any atom is -0.354 e. The monoisotopic (exact) mass is 358 g/mol. The molecule has 3 rings (SSSR count). The van der Waals surface area contributed by atoms with E-state index in [0.717, 1.165) is 22.0 Å². The molecule has 0 N–H and O–H groups in total. The topological polar surface area (TPSA) is 16.1 Å². The number of benzene rings is 2. The van der Waals surface area contributed by atoms with Crippen molar-refractivity contribution >= 4 is 49.9 Å². The van der Waals surface area contributed by atoms with Gasteiger partial charge in [-0.1, -0.05) is 34.5 Å². The first-order valence-corrected chi connectivity index (χ1v) is 7.86. The van der Waals surface area contributed by atoms with Gasteiger partial charge in [0.2, 0.25) is 0 Å². The zero-order valence-corrected chi connectivity index (χ0v) is 14.0. The molecule has 0 spiro atoms. The Balaban J connectivity index is 2.32. The second kappa shape index (κ2) is 5.65. The predicted octanol–water partition coefficient (Wildman–Crippen LogP) is 5.61. The second-order valence-electron chi connectivity index (χ2n) is 4.94. The van der Waals surface area contributed by atoms with Crippen LogP contribution in [0.2, 0.25) is 10.0 Å². The molecule has 0 aliphatic carbocycles. The Hall–Kier alpha value is -1.43. The summed E-state index contributed by atoms with van der Waals surface area (Å²) in [6, 6.07) is 5.35. The number of hydrogen-bond acceptors (Lipinski definition) is 3. The highest BCUT2D eigenvalue weighted by atomic mass is 35.5. The number of nitrogens with zero attached hydrogens (tertiary/aromatic N) is 2. The number of anilines is 1. The average Bonchev–Trinajstić information content (AvgIpc) is 2.86. The number of thiazole rings is 1. The number of hydrogen-bond donors (Lipinski definition) is 0. The fourth-order valence-corrected chi connectivity index (χ4v) is 3.47. The molecule has 22 heavy (non-hydrogen) atoms. The van der Waals surface area contributed by atoms with Crippen LogP contribution < -0.4 is 4.90 Å². The van der Waals surface area contributed by atoms with E-state index in [1.807, 2.05) is 19.0 Å².